The second-order valence-corrected chi connectivity index (χ2v) is 8.32. The topological polar surface area (TPSA) is 76.4 Å². The summed E-state index contributed by atoms with van der Waals surface area (Å²) in [5.41, 5.74) is 0.0430. The number of rotatable bonds is 7. The Kier molecular flexibility index (Phi) is 7.16. The molecule has 0 aliphatic carbocycles. The quantitative estimate of drug-likeness (QED) is 0.572. The summed E-state index contributed by atoms with van der Waals surface area (Å²) in [5, 5.41) is 17.1. The minimum absolute atomic E-state index is 0.0430. The van der Waals surface area contributed by atoms with Crippen molar-refractivity contribution in [1.82, 2.24) is 25.4 Å². The number of aromatic nitrogens is 3. The van der Waals surface area contributed by atoms with Crippen molar-refractivity contribution in [2.75, 3.05) is 13.7 Å². The fourth-order valence-corrected chi connectivity index (χ4v) is 3.07. The molecule has 0 aromatic carbocycles. The van der Waals surface area contributed by atoms with E-state index in [1.807, 2.05) is 18.5 Å². The van der Waals surface area contributed by atoms with Crippen LogP contribution in [0.25, 0.3) is 0 Å². The summed E-state index contributed by atoms with van der Waals surface area (Å²) in [4.78, 5) is 5.93. The predicted molar refractivity (Wildman–Crippen MR) is 106 cm³/mol. The molecule has 0 radical (unpaired) electrons. The minimum atomic E-state index is 0.0430. The number of methoxy groups -OCH3 is 1. The Hall–Kier alpha value is -1.93. The van der Waals surface area contributed by atoms with Crippen LogP contribution in [0.15, 0.2) is 22.5 Å². The third-order valence-electron chi connectivity index (χ3n) is 4.28. The first-order valence-corrected chi connectivity index (χ1v) is 9.61. The van der Waals surface area contributed by atoms with Crippen LogP contribution in [-0.2, 0) is 24.9 Å². The van der Waals surface area contributed by atoms with Crippen molar-refractivity contribution in [3.05, 3.63) is 34.0 Å². The first-order chi connectivity index (χ1) is 12.3. The maximum absolute atomic E-state index is 5.63. The maximum Gasteiger partial charge on any atom is 0.192 e. The van der Waals surface area contributed by atoms with Gasteiger partial charge in [-0.15, -0.1) is 21.5 Å². The van der Waals surface area contributed by atoms with Crippen molar-refractivity contribution in [1.29, 1.82) is 0 Å². The predicted octanol–water partition coefficient (Wildman–Crippen LogP) is 2.48. The van der Waals surface area contributed by atoms with Crippen molar-refractivity contribution in [3.8, 4) is 0 Å². The zero-order chi connectivity index (χ0) is 19.2. The van der Waals surface area contributed by atoms with Crippen molar-refractivity contribution < 1.29 is 4.74 Å². The Morgan fingerprint density at radius 2 is 2.12 bits per heavy atom. The van der Waals surface area contributed by atoms with E-state index < -0.39 is 0 Å². The second-order valence-electron chi connectivity index (χ2n) is 7.29. The molecule has 1 unspecified atom stereocenters. The van der Waals surface area contributed by atoms with E-state index in [9.17, 15) is 0 Å². The number of hydrogen-bond donors (Lipinski definition) is 2. The molecule has 0 fully saturated rings. The third kappa shape index (κ3) is 5.81. The maximum atomic E-state index is 5.63. The van der Waals surface area contributed by atoms with Gasteiger partial charge in [0.25, 0.3) is 0 Å². The number of guanidine groups is 1. The zero-order valence-corrected chi connectivity index (χ0v) is 17.4. The van der Waals surface area contributed by atoms with Crippen LogP contribution in [0, 0.1) is 12.3 Å². The Balaban J connectivity index is 2.04. The Labute approximate surface area is 159 Å². The van der Waals surface area contributed by atoms with E-state index in [1.165, 1.54) is 4.88 Å². The van der Waals surface area contributed by atoms with Crippen LogP contribution < -0.4 is 10.6 Å². The van der Waals surface area contributed by atoms with Crippen LogP contribution >= 0.6 is 11.3 Å². The molecular weight excluding hydrogens is 348 g/mol. The molecular formula is C18H30N6OS. The Morgan fingerprint density at radius 3 is 2.65 bits per heavy atom. The number of thiophene rings is 1. The number of nitrogens with one attached hydrogen (secondary N) is 2. The van der Waals surface area contributed by atoms with Gasteiger partial charge in [0, 0.05) is 25.6 Å². The number of nitrogens with zero attached hydrogens (tertiary/aromatic N) is 4. The Morgan fingerprint density at radius 1 is 1.35 bits per heavy atom. The van der Waals surface area contributed by atoms with Crippen molar-refractivity contribution in [3.63, 3.8) is 0 Å². The van der Waals surface area contributed by atoms with Gasteiger partial charge in [0.05, 0.1) is 12.6 Å². The molecule has 2 rings (SSSR count). The molecule has 0 aliphatic rings. The fourth-order valence-electron chi connectivity index (χ4n) is 2.43. The van der Waals surface area contributed by atoms with Gasteiger partial charge in [0.15, 0.2) is 11.8 Å². The largest absolute Gasteiger partial charge is 0.379 e. The lowest BCUT2D eigenvalue weighted by atomic mass is 9.89. The number of ether oxygens (including phenoxy) is 1. The fraction of sp³-hybridized carbons (Fsp3) is 0.611. The summed E-state index contributed by atoms with van der Waals surface area (Å²) in [6.45, 7) is 10.3. The average molecular weight is 379 g/mol. The second kappa shape index (κ2) is 9.14. The third-order valence-corrected chi connectivity index (χ3v) is 5.15. The lowest BCUT2D eigenvalue weighted by Gasteiger charge is -2.30. The van der Waals surface area contributed by atoms with E-state index in [1.54, 1.807) is 18.4 Å². The molecule has 2 aromatic heterocycles. The molecule has 144 valence electrons. The van der Waals surface area contributed by atoms with Crippen molar-refractivity contribution >= 4 is 17.3 Å². The highest BCUT2D eigenvalue weighted by molar-refractivity contribution is 7.09. The molecule has 0 saturated heterocycles. The van der Waals surface area contributed by atoms with E-state index in [2.05, 4.69) is 64.1 Å². The molecule has 0 saturated carbocycles. The normalized spacial score (nSPS) is 13.7. The molecule has 7 nitrogen and oxygen atoms in total. The molecule has 8 heteroatoms. The van der Waals surface area contributed by atoms with Gasteiger partial charge in [-0.3, -0.25) is 0 Å². The molecule has 2 heterocycles. The molecule has 0 bridgehead atoms. The van der Waals surface area contributed by atoms with Crippen LogP contribution in [0.2, 0.25) is 0 Å². The summed E-state index contributed by atoms with van der Waals surface area (Å²) in [7, 11) is 3.70. The Bertz CT molecular complexity index is 702. The van der Waals surface area contributed by atoms with E-state index in [0.29, 0.717) is 13.1 Å². The number of aryl methyl sites for hydroxylation is 1. The van der Waals surface area contributed by atoms with Crippen molar-refractivity contribution in [2.24, 2.45) is 17.5 Å². The zero-order valence-electron chi connectivity index (χ0n) is 16.5. The SMILES string of the molecule is COC(CNC(=NCc1nnc(C)n1C)NCc1cccs1)C(C)(C)C. The number of hydrogen-bond acceptors (Lipinski definition) is 5. The smallest absolute Gasteiger partial charge is 0.192 e. The summed E-state index contributed by atoms with van der Waals surface area (Å²) in [6, 6.07) is 4.16. The van der Waals surface area contributed by atoms with Gasteiger partial charge in [-0.05, 0) is 23.8 Å². The van der Waals surface area contributed by atoms with E-state index in [-0.39, 0.29) is 11.5 Å². The van der Waals surface area contributed by atoms with E-state index in [0.717, 1.165) is 24.2 Å². The van der Waals surface area contributed by atoms with Crippen LogP contribution in [0.4, 0.5) is 0 Å². The minimum Gasteiger partial charge on any atom is -0.379 e. The van der Waals surface area contributed by atoms with Gasteiger partial charge in [0.2, 0.25) is 0 Å². The van der Waals surface area contributed by atoms with Crippen LogP contribution in [0.1, 0.15) is 37.3 Å². The van der Waals surface area contributed by atoms with Gasteiger partial charge in [0.1, 0.15) is 12.4 Å². The molecule has 2 N–H and O–H groups in total. The van der Waals surface area contributed by atoms with E-state index >= 15 is 0 Å². The molecule has 2 aromatic rings. The summed E-state index contributed by atoms with van der Waals surface area (Å²) < 4.78 is 7.58. The first-order valence-electron chi connectivity index (χ1n) is 8.73. The van der Waals surface area contributed by atoms with Gasteiger partial charge in [-0.1, -0.05) is 26.8 Å². The van der Waals surface area contributed by atoms with Gasteiger partial charge in [-0.2, -0.15) is 0 Å². The van der Waals surface area contributed by atoms with Gasteiger partial charge < -0.3 is 19.9 Å². The van der Waals surface area contributed by atoms with Crippen LogP contribution in [-0.4, -0.2) is 40.5 Å². The van der Waals surface area contributed by atoms with E-state index in [4.69, 9.17) is 4.74 Å². The summed E-state index contributed by atoms with van der Waals surface area (Å²) >= 11 is 1.72. The van der Waals surface area contributed by atoms with Crippen molar-refractivity contribution in [2.45, 2.75) is 46.9 Å². The highest BCUT2D eigenvalue weighted by Gasteiger charge is 2.24. The molecule has 26 heavy (non-hydrogen) atoms. The molecule has 0 spiro atoms. The molecule has 0 aliphatic heterocycles. The standard InChI is InChI=1S/C18H30N6OS/c1-13-22-23-16(24(13)5)12-21-17(19-10-14-8-7-9-26-14)20-11-15(25-6)18(2,3)4/h7-9,15H,10-12H2,1-6H3,(H2,19,20,21). The summed E-state index contributed by atoms with van der Waals surface area (Å²) in [5.74, 6) is 2.45. The van der Waals surface area contributed by atoms with Gasteiger partial charge >= 0.3 is 0 Å². The first kappa shape index (κ1) is 20.4. The van der Waals surface area contributed by atoms with Gasteiger partial charge in [-0.25, -0.2) is 4.99 Å². The summed E-state index contributed by atoms with van der Waals surface area (Å²) in [6.07, 6.45) is 0.0771. The van der Waals surface area contributed by atoms with Crippen LogP contribution in [0.3, 0.4) is 0 Å². The monoisotopic (exact) mass is 378 g/mol. The lowest BCUT2D eigenvalue weighted by Crippen LogP contribution is -2.45. The average Bonchev–Trinajstić information content (AvgIpc) is 3.20. The molecule has 0 amide bonds. The molecule has 1 atom stereocenters. The highest BCUT2D eigenvalue weighted by Crippen LogP contribution is 2.20. The lowest BCUT2D eigenvalue weighted by molar-refractivity contribution is 0.0205. The van der Waals surface area contributed by atoms with Crippen LogP contribution in [0.5, 0.6) is 0 Å². The highest BCUT2D eigenvalue weighted by atomic mass is 32.1. The number of aliphatic imine (C=N–C) groups is 1.